The van der Waals surface area contributed by atoms with E-state index in [0.29, 0.717) is 12.5 Å². The Bertz CT molecular complexity index is 645. The molecule has 1 heterocycles. The molecular weight excluding hydrogens is 299 g/mol. The van der Waals surface area contributed by atoms with Gasteiger partial charge in [0.05, 0.1) is 0 Å². The maximum absolute atomic E-state index is 13.5. The van der Waals surface area contributed by atoms with Crippen LogP contribution in [0, 0.1) is 18.7 Å². The van der Waals surface area contributed by atoms with Crippen LogP contribution in [-0.2, 0) is 6.54 Å². The van der Waals surface area contributed by atoms with Crippen LogP contribution in [-0.4, -0.2) is 24.5 Å². The van der Waals surface area contributed by atoms with Crippen LogP contribution in [0.15, 0.2) is 48.5 Å². The lowest BCUT2D eigenvalue weighted by molar-refractivity contribution is 0.162. The summed E-state index contributed by atoms with van der Waals surface area (Å²) in [6.45, 7) is 5.90. The highest BCUT2D eigenvalue weighted by molar-refractivity contribution is 5.23. The molecule has 0 amide bonds. The van der Waals surface area contributed by atoms with Crippen molar-refractivity contribution in [1.82, 2.24) is 4.90 Å². The topological polar surface area (TPSA) is 29.3 Å². The predicted octanol–water partition coefficient (Wildman–Crippen LogP) is 4.09. The number of aryl methyl sites for hydroxylation is 1. The Morgan fingerprint density at radius 1 is 1.12 bits per heavy atom. The van der Waals surface area contributed by atoms with E-state index in [1.807, 2.05) is 6.07 Å². The second kappa shape index (κ2) is 7.91. The third-order valence-corrected chi connectivity index (χ3v) is 5.26. The number of nitrogens with zero attached hydrogens (tertiary/aromatic N) is 1. The summed E-state index contributed by atoms with van der Waals surface area (Å²) in [4.78, 5) is 2.51. The Balaban J connectivity index is 1.58. The van der Waals surface area contributed by atoms with Gasteiger partial charge in [0.15, 0.2) is 0 Å². The minimum atomic E-state index is -0.164. The van der Waals surface area contributed by atoms with Gasteiger partial charge in [-0.3, -0.25) is 4.90 Å². The van der Waals surface area contributed by atoms with Crippen LogP contribution >= 0.6 is 0 Å². The van der Waals surface area contributed by atoms with E-state index >= 15 is 0 Å². The molecule has 1 aliphatic rings. The van der Waals surface area contributed by atoms with Crippen LogP contribution in [0.3, 0.4) is 0 Å². The minimum Gasteiger partial charge on any atom is -0.330 e. The van der Waals surface area contributed by atoms with E-state index in [1.165, 1.54) is 17.2 Å². The maximum atomic E-state index is 13.5. The smallest absolute Gasteiger partial charge is 0.123 e. The minimum absolute atomic E-state index is 0.164. The van der Waals surface area contributed by atoms with E-state index in [0.717, 1.165) is 38.0 Å². The molecule has 3 heteroatoms. The van der Waals surface area contributed by atoms with Crippen molar-refractivity contribution in [3.63, 3.8) is 0 Å². The number of benzene rings is 2. The fourth-order valence-corrected chi connectivity index (χ4v) is 3.80. The van der Waals surface area contributed by atoms with Crippen LogP contribution in [0.4, 0.5) is 4.39 Å². The molecule has 1 fully saturated rings. The number of hydrogen-bond donors (Lipinski definition) is 1. The van der Waals surface area contributed by atoms with Crippen molar-refractivity contribution in [3.05, 3.63) is 71.0 Å². The molecule has 0 radical (unpaired) electrons. The second-order valence-corrected chi connectivity index (χ2v) is 7.00. The zero-order valence-electron chi connectivity index (χ0n) is 14.4. The molecule has 0 bridgehead atoms. The van der Waals surface area contributed by atoms with Crippen LogP contribution in [0.25, 0.3) is 0 Å². The molecule has 2 nitrogen and oxygen atoms in total. The third-order valence-electron chi connectivity index (χ3n) is 5.26. The van der Waals surface area contributed by atoms with E-state index in [4.69, 9.17) is 5.73 Å². The summed E-state index contributed by atoms with van der Waals surface area (Å²) in [6, 6.07) is 15.7. The van der Waals surface area contributed by atoms with Crippen LogP contribution in [0.1, 0.15) is 35.4 Å². The van der Waals surface area contributed by atoms with Gasteiger partial charge >= 0.3 is 0 Å². The number of nitrogens with two attached hydrogens (primary N) is 1. The molecule has 3 rings (SSSR count). The first-order valence-corrected chi connectivity index (χ1v) is 8.89. The van der Waals surface area contributed by atoms with Gasteiger partial charge in [0, 0.05) is 6.54 Å². The number of halogens is 1. The van der Waals surface area contributed by atoms with E-state index in [9.17, 15) is 4.39 Å². The molecule has 1 atom stereocenters. The highest BCUT2D eigenvalue weighted by Crippen LogP contribution is 2.32. The van der Waals surface area contributed by atoms with Crippen molar-refractivity contribution in [2.24, 2.45) is 11.7 Å². The van der Waals surface area contributed by atoms with Gasteiger partial charge in [0.25, 0.3) is 0 Å². The van der Waals surface area contributed by atoms with Crippen LogP contribution in [0.5, 0.6) is 0 Å². The maximum Gasteiger partial charge on any atom is 0.123 e. The predicted molar refractivity (Wildman–Crippen MR) is 97.4 cm³/mol. The molecule has 2 aromatic rings. The van der Waals surface area contributed by atoms with Gasteiger partial charge < -0.3 is 5.73 Å². The molecule has 128 valence electrons. The average molecular weight is 326 g/mol. The molecule has 0 spiro atoms. The van der Waals surface area contributed by atoms with Gasteiger partial charge in [-0.25, -0.2) is 4.39 Å². The van der Waals surface area contributed by atoms with Crippen molar-refractivity contribution < 1.29 is 4.39 Å². The van der Waals surface area contributed by atoms with Gasteiger partial charge in [-0.05, 0) is 74.5 Å². The first-order valence-electron chi connectivity index (χ1n) is 8.89. The van der Waals surface area contributed by atoms with Gasteiger partial charge in [0.1, 0.15) is 5.82 Å². The van der Waals surface area contributed by atoms with Gasteiger partial charge in [-0.2, -0.15) is 0 Å². The zero-order chi connectivity index (χ0) is 16.9. The molecule has 0 aromatic heterocycles. The fraction of sp³-hybridized carbons (Fsp3) is 0.429. The average Bonchev–Trinajstić information content (AvgIpc) is 2.59. The van der Waals surface area contributed by atoms with E-state index in [1.54, 1.807) is 12.1 Å². The van der Waals surface area contributed by atoms with Crippen molar-refractivity contribution in [1.29, 1.82) is 0 Å². The summed E-state index contributed by atoms with van der Waals surface area (Å²) in [5, 5.41) is 0. The number of piperidine rings is 1. The quantitative estimate of drug-likeness (QED) is 0.897. The Hall–Kier alpha value is -1.71. The van der Waals surface area contributed by atoms with Crippen LogP contribution < -0.4 is 5.73 Å². The number of hydrogen-bond acceptors (Lipinski definition) is 2. The molecule has 1 unspecified atom stereocenters. The molecule has 2 aromatic carbocycles. The Morgan fingerprint density at radius 2 is 1.83 bits per heavy atom. The molecule has 24 heavy (non-hydrogen) atoms. The Morgan fingerprint density at radius 3 is 2.46 bits per heavy atom. The van der Waals surface area contributed by atoms with Gasteiger partial charge in [-0.1, -0.05) is 42.0 Å². The highest BCUT2D eigenvalue weighted by Gasteiger charge is 2.27. The number of rotatable bonds is 5. The van der Waals surface area contributed by atoms with Crippen molar-refractivity contribution in [3.8, 4) is 0 Å². The van der Waals surface area contributed by atoms with E-state index in [-0.39, 0.29) is 11.7 Å². The summed E-state index contributed by atoms with van der Waals surface area (Å²) >= 11 is 0. The van der Waals surface area contributed by atoms with Crippen molar-refractivity contribution in [2.75, 3.05) is 19.6 Å². The van der Waals surface area contributed by atoms with Crippen molar-refractivity contribution in [2.45, 2.75) is 32.2 Å². The lowest BCUT2D eigenvalue weighted by atomic mass is 9.80. The summed E-state index contributed by atoms with van der Waals surface area (Å²) in [7, 11) is 0. The molecule has 1 saturated heterocycles. The van der Waals surface area contributed by atoms with E-state index < -0.39 is 0 Å². The Kier molecular flexibility index (Phi) is 5.64. The summed E-state index contributed by atoms with van der Waals surface area (Å²) in [5.74, 6) is 0.649. The second-order valence-electron chi connectivity index (χ2n) is 7.00. The molecule has 2 N–H and O–H groups in total. The van der Waals surface area contributed by atoms with Gasteiger partial charge in [-0.15, -0.1) is 0 Å². The molecule has 0 saturated carbocycles. The molecule has 0 aliphatic carbocycles. The lowest BCUT2D eigenvalue weighted by Gasteiger charge is -2.36. The lowest BCUT2D eigenvalue weighted by Crippen LogP contribution is -2.36. The fourth-order valence-electron chi connectivity index (χ4n) is 3.80. The van der Waals surface area contributed by atoms with Gasteiger partial charge in [0.2, 0.25) is 0 Å². The van der Waals surface area contributed by atoms with E-state index in [2.05, 4.69) is 36.1 Å². The zero-order valence-corrected chi connectivity index (χ0v) is 14.4. The summed E-state index contributed by atoms with van der Waals surface area (Å²) in [5.41, 5.74) is 9.75. The SMILES string of the molecule is Cc1ccc(CN2CCC(C(CN)c3cccc(F)c3)CC2)cc1. The first-order chi connectivity index (χ1) is 11.7. The normalized spacial score (nSPS) is 17.8. The Labute approximate surface area is 144 Å². The third kappa shape index (κ3) is 4.22. The highest BCUT2D eigenvalue weighted by atomic mass is 19.1. The standard InChI is InChI=1S/C21H27FN2/c1-16-5-7-17(8-6-16)15-24-11-9-18(10-12-24)21(14-23)19-3-2-4-20(22)13-19/h2-8,13,18,21H,9-12,14-15,23H2,1H3. The summed E-state index contributed by atoms with van der Waals surface area (Å²) in [6.07, 6.45) is 2.26. The first kappa shape index (κ1) is 17.1. The monoisotopic (exact) mass is 326 g/mol. The van der Waals surface area contributed by atoms with Crippen molar-refractivity contribution >= 4 is 0 Å². The largest absolute Gasteiger partial charge is 0.330 e. The molecular formula is C21H27FN2. The molecule has 1 aliphatic heterocycles. The number of likely N-dealkylation sites (tertiary alicyclic amines) is 1. The summed E-state index contributed by atoms with van der Waals surface area (Å²) < 4.78 is 13.5. The van der Waals surface area contributed by atoms with Crippen LogP contribution in [0.2, 0.25) is 0 Å².